The average molecular weight is 2100 g/mol. The number of carbonyl (C=O) groups is 4. The Morgan fingerprint density at radius 2 is 0.887 bits per heavy atom. The van der Waals surface area contributed by atoms with E-state index in [2.05, 4.69) is 87.9 Å². The molecule has 43 heteroatoms. The van der Waals surface area contributed by atoms with Crippen molar-refractivity contribution >= 4 is 79.0 Å². The second-order valence-electron chi connectivity index (χ2n) is 38.9. The molecule has 6 saturated heterocycles. The van der Waals surface area contributed by atoms with Crippen molar-refractivity contribution in [2.45, 2.75) is 114 Å². The van der Waals surface area contributed by atoms with Crippen LogP contribution in [0.1, 0.15) is 134 Å². The van der Waals surface area contributed by atoms with Gasteiger partial charge in [-0.1, -0.05) is 30.3 Å². The van der Waals surface area contributed by atoms with Crippen LogP contribution in [0.15, 0.2) is 195 Å². The van der Waals surface area contributed by atoms with Crippen LogP contribution in [-0.2, 0) is 75.8 Å². The van der Waals surface area contributed by atoms with Crippen molar-refractivity contribution in [3.8, 4) is 44.5 Å². The summed E-state index contributed by atoms with van der Waals surface area (Å²) in [5.41, 5.74) is 13.2. The number of morpholine rings is 3. The molecule has 8 aromatic heterocycles. The number of carbonyl (C=O) groups excluding carboxylic acids is 4. The van der Waals surface area contributed by atoms with Crippen molar-refractivity contribution in [1.82, 2.24) is 39.9 Å². The summed E-state index contributed by atoms with van der Waals surface area (Å²) in [7, 11) is -3.15. The van der Waals surface area contributed by atoms with Gasteiger partial charge in [0.2, 0.25) is 0 Å². The molecule has 0 radical (unpaired) electrons. The number of nitrogens with one attached hydrogen (secondary N) is 4. The largest absolute Gasteiger partial charge is 0.433 e. The minimum absolute atomic E-state index is 0.0294. The van der Waals surface area contributed by atoms with Gasteiger partial charge in [-0.2, -0.15) is 52.7 Å². The molecule has 22 rings (SSSR count). The normalized spacial score (nSPS) is 20.2. The van der Waals surface area contributed by atoms with Crippen molar-refractivity contribution in [2.24, 2.45) is 16.7 Å². The number of fused-ring (bicyclic) bond motifs is 14. The molecule has 6 unspecified atom stereocenters. The standard InChI is InChI=1S/C28H28F3N3O4S.C27H25F3N4O4.C27H25F3N4O3.C25H24F3N5O3/c1-17-3-6-22(33-27(35)20-7-8-32-26(13-20)28(29,30)31)14-23(17)18-4-5-19-11-21(16-39(2,36)37)25-15-38-10-9-34(25)24(19)12-18;1-15-2-3-18(33-25(36)16-4-5-31-21(9-16)27(28,29)30)10-19(15)17-8-20-23(32-11-17)24(35)26(13-38-14-26)22-12-37-7-6-34(20)22;1-16-21(9-20(12-31-16)33-25(35)17-3-2-4-19(7-17)27(28,29)30)18-8-23-22(32-11-18)10-26(14-37-15-26)24-13-36-6-5-34(23)24;1-14-19(10-17(13-30-14)32-24(35)15-2-4-29-22(9-15)25(26,27)28)16-8-20-23(31-12-16)21(34)11-18-3-6-36-7-5-33(18)20/h3-8,12-14,21,25H,9-11,15-16H2,1-2H3,(H,33,35);2-5,8-11,22,24,35H,6-7,12-14H2,1H3,(H,33,36);2-4,7-9,11-12,24H,5-6,10,13-15H2,1H3,(H,33,35);2,4,8-10,12-13,18,21,34H,3,5-7,11H2,1H3,(H,32,35)/t;22-,24?;;/m.1../s1. The van der Waals surface area contributed by atoms with Crippen LogP contribution in [-0.4, -0.2) is 224 Å². The predicted molar refractivity (Wildman–Crippen MR) is 530 cm³/mol. The maximum atomic E-state index is 13.1. The average Bonchev–Trinajstić information content (AvgIpc) is 0.717. The predicted octanol–water partition coefficient (Wildman–Crippen LogP) is 17.4. The highest BCUT2D eigenvalue weighted by molar-refractivity contribution is 7.90. The fraction of sp³-hybridized carbons (Fsp3) is 0.364. The zero-order chi connectivity index (χ0) is 106. The summed E-state index contributed by atoms with van der Waals surface area (Å²) in [6, 6.07) is 36.7. The Labute approximate surface area is 852 Å². The molecule has 7 atom stereocenters. The van der Waals surface area contributed by atoms with Crippen LogP contribution in [0.3, 0.4) is 0 Å². The third-order valence-electron chi connectivity index (χ3n) is 28.9. The van der Waals surface area contributed by atoms with E-state index in [-0.39, 0.29) is 63.5 Å². The van der Waals surface area contributed by atoms with Crippen molar-refractivity contribution in [3.63, 3.8) is 0 Å². The molecule has 18 heterocycles. The number of anilines is 8. The van der Waals surface area contributed by atoms with Crippen LogP contribution >= 0.6 is 0 Å². The van der Waals surface area contributed by atoms with Crippen LogP contribution in [0.4, 0.5) is 98.2 Å². The molecule has 0 bridgehead atoms. The third-order valence-corrected chi connectivity index (χ3v) is 29.9. The lowest BCUT2D eigenvalue weighted by molar-refractivity contribution is -0.202. The molecule has 10 aliphatic heterocycles. The molecule has 6 N–H and O–H groups in total. The minimum Gasteiger partial charge on any atom is -0.387 e. The number of aliphatic hydroxyl groups excluding tert-OH is 2. The van der Waals surface area contributed by atoms with E-state index in [4.69, 9.17) is 33.4 Å². The van der Waals surface area contributed by atoms with Gasteiger partial charge in [0.25, 0.3) is 23.6 Å². The van der Waals surface area contributed by atoms with Crippen LogP contribution in [0, 0.1) is 44.4 Å². The summed E-state index contributed by atoms with van der Waals surface area (Å²) in [6.45, 7) is 17.3. The molecule has 150 heavy (non-hydrogen) atoms. The number of nitrogens with zero attached hydrogens (tertiary/aromatic N) is 12. The molecule has 0 aliphatic carbocycles. The lowest BCUT2D eigenvalue weighted by atomic mass is 9.68. The third kappa shape index (κ3) is 22.1. The summed E-state index contributed by atoms with van der Waals surface area (Å²) in [5.74, 6) is -2.67. The number of aromatic nitrogens is 8. The summed E-state index contributed by atoms with van der Waals surface area (Å²) in [6.07, 6.45) is -4.81. The number of sulfone groups is 1. The molecule has 0 saturated carbocycles. The summed E-state index contributed by atoms with van der Waals surface area (Å²) >= 11 is 0. The number of benzene rings is 4. The maximum Gasteiger partial charge on any atom is 0.433 e. The number of rotatable bonds is 14. The minimum atomic E-state index is -4.65. The molecule has 4 aromatic carbocycles. The number of alkyl halides is 12. The Morgan fingerprint density at radius 1 is 0.427 bits per heavy atom. The SMILES string of the molecule is Cc1ccc(NC(=O)c2ccnc(C(F)(F)F)c2)cc1-c1ccc2c(c1)N1CCOCC1C(CS(C)(=O)=O)C2.Cc1ccc(NC(=O)c2ccnc(C(F)(F)F)c2)cc1-c1cnc2c(c1)N1CCOC[C@@H]1C1(COC1)C2O.Cc1ncc(NC(=O)c2cccc(C(F)(F)F)c2)cc1-c1cnc2c(c1)N1CCOCC1C1(COC1)C2.Cc1ncc(NC(=O)c2ccnc(C(F)(F)F)c2)cc1-c1cnc2c(c1)N1CCOCCC1CC2O. The molecule has 10 aliphatic rings. The summed E-state index contributed by atoms with van der Waals surface area (Å²) in [5, 5.41) is 32.6. The van der Waals surface area contributed by atoms with E-state index < -0.39 is 98.4 Å². The van der Waals surface area contributed by atoms with Gasteiger partial charge in [-0.25, -0.2) is 8.42 Å². The number of halogens is 12. The monoisotopic (exact) mass is 2090 g/mol. The molecule has 2 spiro atoms. The van der Waals surface area contributed by atoms with Gasteiger partial charge in [0, 0.05) is 173 Å². The number of pyridine rings is 8. The number of hydrogen-bond acceptors (Lipinski definition) is 26. The highest BCUT2D eigenvalue weighted by atomic mass is 32.2. The fourth-order valence-electron chi connectivity index (χ4n) is 21.0. The zero-order valence-electron chi connectivity index (χ0n) is 81.5. The smallest absolute Gasteiger partial charge is 0.387 e. The van der Waals surface area contributed by atoms with Gasteiger partial charge in [0.05, 0.1) is 172 Å². The van der Waals surface area contributed by atoms with Crippen LogP contribution in [0.2, 0.25) is 0 Å². The molecular weight excluding hydrogens is 1990 g/mol. The van der Waals surface area contributed by atoms with Gasteiger partial charge >= 0.3 is 24.7 Å². The first kappa shape index (κ1) is 104. The first-order chi connectivity index (χ1) is 71.5. The molecule has 30 nitrogen and oxygen atoms in total. The van der Waals surface area contributed by atoms with Gasteiger partial charge in [0.1, 0.15) is 33.0 Å². The van der Waals surface area contributed by atoms with E-state index >= 15 is 0 Å². The lowest BCUT2D eigenvalue weighted by Crippen LogP contribution is -2.67. The Morgan fingerprint density at radius 3 is 1.41 bits per heavy atom. The zero-order valence-corrected chi connectivity index (χ0v) is 82.3. The van der Waals surface area contributed by atoms with Gasteiger partial charge in [-0.15, -0.1) is 0 Å². The Bertz CT molecular complexity index is 7300. The first-order valence-corrected chi connectivity index (χ1v) is 50.4. The van der Waals surface area contributed by atoms with E-state index in [1.54, 1.807) is 48.8 Å². The number of ether oxygens (including phenoxy) is 6. The summed E-state index contributed by atoms with van der Waals surface area (Å²) < 4.78 is 214. The van der Waals surface area contributed by atoms with Gasteiger partial charge in [-0.3, -0.25) is 59.0 Å². The lowest BCUT2D eigenvalue weighted by Gasteiger charge is -2.58. The van der Waals surface area contributed by atoms with Gasteiger partial charge in [0.15, 0.2) is 0 Å². The summed E-state index contributed by atoms with van der Waals surface area (Å²) in [4.78, 5) is 92.6. The maximum absolute atomic E-state index is 13.1. The second kappa shape index (κ2) is 42.1. The van der Waals surface area contributed by atoms with Crippen molar-refractivity contribution in [2.75, 3.05) is 158 Å². The second-order valence-corrected chi connectivity index (χ2v) is 41.0. The van der Waals surface area contributed by atoms with Crippen LogP contribution in [0.25, 0.3) is 44.5 Å². The highest BCUT2D eigenvalue weighted by Gasteiger charge is 2.59. The molecular formula is C107H102F12N16O14S. The Hall–Kier alpha value is -14.1. The topological polar surface area (TPSA) is 362 Å². The molecule has 4 amide bonds. The van der Waals surface area contributed by atoms with E-state index in [9.17, 15) is 90.5 Å². The molecule has 12 aromatic rings. The Kier molecular flexibility index (Phi) is 29.3. The van der Waals surface area contributed by atoms with Gasteiger partial charge in [-0.05, 0) is 202 Å². The van der Waals surface area contributed by atoms with E-state index in [0.29, 0.717) is 163 Å². The van der Waals surface area contributed by atoms with Crippen LogP contribution in [0.5, 0.6) is 0 Å². The molecule has 784 valence electrons. The Balaban J connectivity index is 0.000000125. The number of aryl methyl sites for hydroxylation is 4. The van der Waals surface area contributed by atoms with E-state index in [0.717, 1.165) is 152 Å². The van der Waals surface area contributed by atoms with Crippen molar-refractivity contribution in [3.05, 3.63) is 285 Å². The van der Waals surface area contributed by atoms with Crippen LogP contribution < -0.4 is 40.9 Å². The fourth-order valence-corrected chi connectivity index (χ4v) is 22.2. The number of aliphatic hydroxyl groups is 2. The first-order valence-electron chi connectivity index (χ1n) is 48.4. The van der Waals surface area contributed by atoms with Crippen molar-refractivity contribution in [1.29, 1.82) is 0 Å². The molecule has 6 fully saturated rings. The highest BCUT2D eigenvalue weighted by Crippen LogP contribution is 2.55. The van der Waals surface area contributed by atoms with Crippen molar-refractivity contribution < 1.29 is 119 Å². The number of hydrogen-bond donors (Lipinski definition) is 6. The van der Waals surface area contributed by atoms with E-state index in [1.165, 1.54) is 49.0 Å². The quantitative estimate of drug-likeness (QED) is 0.0551. The van der Waals surface area contributed by atoms with E-state index in [1.807, 2.05) is 70.3 Å². The van der Waals surface area contributed by atoms with Gasteiger partial charge < -0.3 is 79.5 Å². The number of amides is 4.